The van der Waals surface area contributed by atoms with Crippen molar-refractivity contribution < 1.29 is 0 Å². The molecule has 3 heteroatoms. The van der Waals surface area contributed by atoms with Crippen molar-refractivity contribution >= 4 is 11.6 Å². The Morgan fingerprint density at radius 3 is 2.57 bits per heavy atom. The average molecular weight is 205 g/mol. The van der Waals surface area contributed by atoms with Gasteiger partial charge in [0, 0.05) is 0 Å². The molecule has 0 saturated carbocycles. The lowest BCUT2D eigenvalue weighted by atomic mass is 10.00. The van der Waals surface area contributed by atoms with Gasteiger partial charge in [-0.25, -0.2) is 0 Å². The van der Waals surface area contributed by atoms with Gasteiger partial charge in [0.25, 0.3) is 0 Å². The molecule has 1 aromatic rings. The van der Waals surface area contributed by atoms with Gasteiger partial charge in [0.05, 0.1) is 23.1 Å². The summed E-state index contributed by atoms with van der Waals surface area (Å²) in [7, 11) is 0. The monoisotopic (exact) mass is 204 g/mol. The molecule has 14 heavy (non-hydrogen) atoms. The van der Waals surface area contributed by atoms with Crippen molar-refractivity contribution in [2.75, 3.05) is 0 Å². The molecule has 0 saturated heterocycles. The Kier molecular flexibility index (Phi) is 3.51. The quantitative estimate of drug-likeness (QED) is 0.744. The van der Waals surface area contributed by atoms with Crippen LogP contribution in [0.2, 0.25) is 5.02 Å². The zero-order valence-corrected chi connectivity index (χ0v) is 8.60. The van der Waals surface area contributed by atoms with Gasteiger partial charge in [-0.1, -0.05) is 24.6 Å². The molecule has 0 fully saturated rings. The molecule has 0 N–H and O–H groups in total. The van der Waals surface area contributed by atoms with Gasteiger partial charge in [-0.15, -0.1) is 0 Å². The fraction of sp³-hybridized carbons (Fsp3) is 0.273. The van der Waals surface area contributed by atoms with Crippen LogP contribution in [0.3, 0.4) is 0 Å². The van der Waals surface area contributed by atoms with Gasteiger partial charge < -0.3 is 0 Å². The first-order chi connectivity index (χ1) is 6.74. The summed E-state index contributed by atoms with van der Waals surface area (Å²) < 4.78 is 0. The lowest BCUT2D eigenvalue weighted by molar-refractivity contribution is 1.08. The van der Waals surface area contributed by atoms with E-state index in [1.165, 1.54) is 0 Å². The molecule has 0 heterocycles. The fourth-order valence-corrected chi connectivity index (χ4v) is 1.64. The number of aryl methyl sites for hydroxylation is 1. The van der Waals surface area contributed by atoms with Gasteiger partial charge >= 0.3 is 0 Å². The molecule has 1 aromatic carbocycles. The molecule has 0 spiro atoms. The van der Waals surface area contributed by atoms with E-state index in [1.807, 2.05) is 19.1 Å². The maximum absolute atomic E-state index is 8.76. The van der Waals surface area contributed by atoms with E-state index in [4.69, 9.17) is 22.1 Å². The van der Waals surface area contributed by atoms with Gasteiger partial charge in [0.2, 0.25) is 0 Å². The molecular weight excluding hydrogens is 196 g/mol. The fourth-order valence-electron chi connectivity index (χ4n) is 1.35. The first-order valence-corrected chi connectivity index (χ1v) is 4.69. The number of benzene rings is 1. The number of hydrogen-bond donors (Lipinski definition) is 0. The second kappa shape index (κ2) is 4.65. The van der Waals surface area contributed by atoms with E-state index in [0.29, 0.717) is 10.6 Å². The number of nitriles is 2. The summed E-state index contributed by atoms with van der Waals surface area (Å²) in [5.41, 5.74) is 2.26. The molecule has 0 aliphatic heterocycles. The summed E-state index contributed by atoms with van der Waals surface area (Å²) in [6.07, 6.45) is 1.08. The molecular formula is C11H9ClN2. The third-order valence-corrected chi connectivity index (χ3v) is 2.53. The predicted octanol–water partition coefficient (Wildman–Crippen LogP) is 2.84. The van der Waals surface area contributed by atoms with Gasteiger partial charge in [0.1, 0.15) is 6.07 Å². The van der Waals surface area contributed by atoms with Crippen LogP contribution in [0.4, 0.5) is 0 Å². The van der Waals surface area contributed by atoms with E-state index in [1.54, 1.807) is 6.07 Å². The van der Waals surface area contributed by atoms with Gasteiger partial charge in [-0.05, 0) is 23.6 Å². The second-order valence-corrected chi connectivity index (χ2v) is 3.24. The molecule has 0 aliphatic carbocycles. The van der Waals surface area contributed by atoms with Crippen LogP contribution in [0, 0.1) is 22.7 Å². The highest BCUT2D eigenvalue weighted by Crippen LogP contribution is 2.25. The maximum atomic E-state index is 8.76. The first kappa shape index (κ1) is 10.6. The average Bonchev–Trinajstić information content (AvgIpc) is 2.21. The predicted molar refractivity (Wildman–Crippen MR) is 54.9 cm³/mol. The molecule has 0 amide bonds. The largest absolute Gasteiger partial charge is 0.198 e. The topological polar surface area (TPSA) is 47.6 Å². The normalized spacial score (nSPS) is 9.14. The number of hydrogen-bond acceptors (Lipinski definition) is 2. The van der Waals surface area contributed by atoms with Crippen molar-refractivity contribution in [3.05, 3.63) is 33.8 Å². The van der Waals surface area contributed by atoms with Crippen LogP contribution in [-0.4, -0.2) is 0 Å². The van der Waals surface area contributed by atoms with Gasteiger partial charge in [0.15, 0.2) is 0 Å². The Balaban J connectivity index is 3.34. The Morgan fingerprint density at radius 1 is 1.36 bits per heavy atom. The molecule has 0 bridgehead atoms. The Bertz CT molecular complexity index is 424. The van der Waals surface area contributed by atoms with E-state index in [2.05, 4.69) is 6.07 Å². The van der Waals surface area contributed by atoms with Crippen LogP contribution in [0.15, 0.2) is 12.1 Å². The third kappa shape index (κ3) is 1.87. The van der Waals surface area contributed by atoms with Crippen molar-refractivity contribution in [1.82, 2.24) is 0 Å². The van der Waals surface area contributed by atoms with Crippen LogP contribution >= 0.6 is 11.6 Å². The van der Waals surface area contributed by atoms with Crippen LogP contribution in [0.1, 0.15) is 23.6 Å². The molecule has 0 unspecified atom stereocenters. The molecule has 0 atom stereocenters. The van der Waals surface area contributed by atoms with Crippen molar-refractivity contribution in [2.45, 2.75) is 19.8 Å². The van der Waals surface area contributed by atoms with E-state index < -0.39 is 0 Å². The molecule has 0 aromatic heterocycles. The number of halogens is 1. The van der Waals surface area contributed by atoms with Crippen molar-refractivity contribution in [3.63, 3.8) is 0 Å². The highest BCUT2D eigenvalue weighted by atomic mass is 35.5. The lowest BCUT2D eigenvalue weighted by Gasteiger charge is -2.07. The number of rotatable bonds is 2. The lowest BCUT2D eigenvalue weighted by Crippen LogP contribution is -1.95. The molecule has 2 nitrogen and oxygen atoms in total. The molecule has 70 valence electrons. The second-order valence-electron chi connectivity index (χ2n) is 2.87. The summed E-state index contributed by atoms with van der Waals surface area (Å²) in [5, 5.41) is 17.8. The minimum absolute atomic E-state index is 0.261. The van der Waals surface area contributed by atoms with Crippen LogP contribution in [0.25, 0.3) is 0 Å². The molecule has 1 rings (SSSR count). The van der Waals surface area contributed by atoms with Crippen LogP contribution in [-0.2, 0) is 12.8 Å². The summed E-state index contributed by atoms with van der Waals surface area (Å²) in [6, 6.07) is 7.62. The summed E-state index contributed by atoms with van der Waals surface area (Å²) in [4.78, 5) is 0. The summed E-state index contributed by atoms with van der Waals surface area (Å²) in [6.45, 7) is 2.00. The smallest absolute Gasteiger partial charge is 0.101 e. The Labute approximate surface area is 88.3 Å². The Hall–Kier alpha value is -1.51. The molecule has 0 aliphatic rings. The van der Waals surface area contributed by atoms with Gasteiger partial charge in [-0.2, -0.15) is 10.5 Å². The van der Waals surface area contributed by atoms with Crippen molar-refractivity contribution in [3.8, 4) is 12.1 Å². The number of nitrogens with zero attached hydrogens (tertiary/aromatic N) is 2. The third-order valence-electron chi connectivity index (χ3n) is 2.10. The maximum Gasteiger partial charge on any atom is 0.101 e. The summed E-state index contributed by atoms with van der Waals surface area (Å²) in [5.74, 6) is 0. The van der Waals surface area contributed by atoms with E-state index in [0.717, 1.165) is 17.5 Å². The van der Waals surface area contributed by atoms with E-state index in [9.17, 15) is 0 Å². The van der Waals surface area contributed by atoms with Crippen LogP contribution in [0.5, 0.6) is 0 Å². The standard InChI is InChI=1S/C11H9ClN2/c1-2-8-3-4-9(7-14)11(12)10(8)5-6-13/h3-4H,2,5H2,1H3. The SMILES string of the molecule is CCc1ccc(C#N)c(Cl)c1CC#N. The van der Waals surface area contributed by atoms with Crippen LogP contribution < -0.4 is 0 Å². The zero-order chi connectivity index (χ0) is 10.6. The summed E-state index contributed by atoms with van der Waals surface area (Å²) >= 11 is 6.00. The van der Waals surface area contributed by atoms with Gasteiger partial charge in [-0.3, -0.25) is 0 Å². The minimum atomic E-state index is 0.261. The Morgan fingerprint density at radius 2 is 2.07 bits per heavy atom. The van der Waals surface area contributed by atoms with E-state index >= 15 is 0 Å². The van der Waals surface area contributed by atoms with Crippen molar-refractivity contribution in [1.29, 1.82) is 10.5 Å². The minimum Gasteiger partial charge on any atom is -0.198 e. The highest BCUT2D eigenvalue weighted by Gasteiger charge is 2.09. The molecule has 0 radical (unpaired) electrons. The highest BCUT2D eigenvalue weighted by molar-refractivity contribution is 6.32. The first-order valence-electron chi connectivity index (χ1n) is 4.31. The van der Waals surface area contributed by atoms with Crippen molar-refractivity contribution in [2.24, 2.45) is 0 Å². The zero-order valence-electron chi connectivity index (χ0n) is 7.84. The van der Waals surface area contributed by atoms with E-state index in [-0.39, 0.29) is 6.42 Å².